The highest BCUT2D eigenvalue weighted by Gasteiger charge is 1.92. The quantitative estimate of drug-likeness (QED) is 0.291. The van der Waals surface area contributed by atoms with Crippen LogP contribution in [0.15, 0.2) is 11.6 Å². The first-order valence-corrected chi connectivity index (χ1v) is 6.42. The number of carbonyl (C=O) groups excluding carboxylic acids is 1. The predicted molar refractivity (Wildman–Crippen MR) is 67.0 cm³/mol. The minimum atomic E-state index is 0.889. The molecule has 0 aromatic heterocycles. The lowest BCUT2D eigenvalue weighted by molar-refractivity contribution is -0.104. The predicted octanol–water partition coefficient (Wildman–Crippen LogP) is 4.66. The number of rotatable bonds is 10. The van der Waals surface area contributed by atoms with Gasteiger partial charge < -0.3 is 0 Å². The second kappa shape index (κ2) is 11.5. The zero-order valence-corrected chi connectivity index (χ0v) is 10.4. The van der Waals surface area contributed by atoms with Crippen molar-refractivity contribution >= 4 is 6.29 Å². The van der Waals surface area contributed by atoms with Gasteiger partial charge in [-0.15, -0.1) is 0 Å². The highest BCUT2D eigenvalue weighted by atomic mass is 16.1. The van der Waals surface area contributed by atoms with E-state index in [-0.39, 0.29) is 0 Å². The molecule has 0 fully saturated rings. The van der Waals surface area contributed by atoms with Crippen molar-refractivity contribution in [3.05, 3.63) is 11.6 Å². The maximum absolute atomic E-state index is 10.2. The molecule has 0 aliphatic heterocycles. The molecule has 0 rings (SSSR count). The maximum atomic E-state index is 10.2. The molecule has 0 aliphatic rings. The molecule has 0 saturated heterocycles. The number of unbranched alkanes of at least 4 members (excludes halogenated alkanes) is 7. The van der Waals surface area contributed by atoms with Crippen molar-refractivity contribution in [1.82, 2.24) is 0 Å². The number of aldehydes is 1. The first-order chi connectivity index (χ1) is 7.31. The third-order valence-electron chi connectivity index (χ3n) is 2.78. The lowest BCUT2D eigenvalue weighted by Gasteiger charge is -2.01. The Morgan fingerprint density at radius 2 is 1.47 bits per heavy atom. The average molecular weight is 210 g/mol. The fourth-order valence-electron chi connectivity index (χ4n) is 1.74. The van der Waals surface area contributed by atoms with E-state index in [1.807, 2.05) is 6.92 Å². The summed E-state index contributed by atoms with van der Waals surface area (Å²) in [5.74, 6) is 0. The van der Waals surface area contributed by atoms with Crippen LogP contribution in [-0.4, -0.2) is 6.29 Å². The summed E-state index contributed by atoms with van der Waals surface area (Å²) in [6.45, 7) is 4.29. The summed E-state index contributed by atoms with van der Waals surface area (Å²) in [6.07, 6.45) is 14.5. The van der Waals surface area contributed by atoms with E-state index in [2.05, 4.69) is 6.92 Å². The zero-order valence-electron chi connectivity index (χ0n) is 10.4. The molecule has 0 radical (unpaired) electrons. The van der Waals surface area contributed by atoms with Crippen molar-refractivity contribution in [1.29, 1.82) is 0 Å². The van der Waals surface area contributed by atoms with E-state index in [0.717, 1.165) is 12.7 Å². The molecule has 1 heteroatoms. The summed E-state index contributed by atoms with van der Waals surface area (Å²) < 4.78 is 0. The molecule has 0 aromatic rings. The van der Waals surface area contributed by atoms with Crippen molar-refractivity contribution in [2.24, 2.45) is 0 Å². The monoisotopic (exact) mass is 210 g/mol. The van der Waals surface area contributed by atoms with E-state index >= 15 is 0 Å². The van der Waals surface area contributed by atoms with E-state index in [1.54, 1.807) is 6.08 Å². The standard InChI is InChI=1S/C14H26O/c1-3-4-5-6-7-8-9-10-11-14(2)12-13-15/h12-13H,3-11H2,1-2H3/b14-12+. The normalized spacial score (nSPS) is 11.7. The summed E-state index contributed by atoms with van der Waals surface area (Å²) in [7, 11) is 0. The van der Waals surface area contributed by atoms with Crippen LogP contribution in [0.5, 0.6) is 0 Å². The van der Waals surface area contributed by atoms with E-state index in [4.69, 9.17) is 0 Å². The number of hydrogen-bond acceptors (Lipinski definition) is 1. The van der Waals surface area contributed by atoms with Crippen LogP contribution in [0.25, 0.3) is 0 Å². The lowest BCUT2D eigenvalue weighted by Crippen LogP contribution is -1.82. The molecule has 0 saturated carbocycles. The molecule has 0 amide bonds. The largest absolute Gasteiger partial charge is 0.299 e. The van der Waals surface area contributed by atoms with Gasteiger partial charge >= 0.3 is 0 Å². The van der Waals surface area contributed by atoms with Crippen molar-refractivity contribution in [2.45, 2.75) is 71.6 Å². The van der Waals surface area contributed by atoms with Gasteiger partial charge in [0.1, 0.15) is 6.29 Å². The molecule has 0 N–H and O–H groups in total. The van der Waals surface area contributed by atoms with Gasteiger partial charge in [0.2, 0.25) is 0 Å². The van der Waals surface area contributed by atoms with Crippen LogP contribution in [-0.2, 0) is 4.79 Å². The zero-order chi connectivity index (χ0) is 11.4. The third kappa shape index (κ3) is 11.3. The van der Waals surface area contributed by atoms with E-state index < -0.39 is 0 Å². The van der Waals surface area contributed by atoms with Gasteiger partial charge in [0.25, 0.3) is 0 Å². The van der Waals surface area contributed by atoms with Gasteiger partial charge in [0.15, 0.2) is 0 Å². The van der Waals surface area contributed by atoms with Crippen LogP contribution < -0.4 is 0 Å². The van der Waals surface area contributed by atoms with Crippen LogP contribution in [0.3, 0.4) is 0 Å². The summed E-state index contributed by atoms with van der Waals surface area (Å²) >= 11 is 0. The minimum absolute atomic E-state index is 0.889. The number of carbonyl (C=O) groups is 1. The Kier molecular flexibility index (Phi) is 11.0. The molecular formula is C14H26O. The van der Waals surface area contributed by atoms with Gasteiger partial charge in [0, 0.05) is 0 Å². The fourth-order valence-corrected chi connectivity index (χ4v) is 1.74. The highest BCUT2D eigenvalue weighted by molar-refractivity contribution is 5.65. The Bertz CT molecular complexity index is 170. The molecule has 15 heavy (non-hydrogen) atoms. The van der Waals surface area contributed by atoms with Crippen LogP contribution in [0.4, 0.5) is 0 Å². The Hall–Kier alpha value is -0.590. The van der Waals surface area contributed by atoms with Gasteiger partial charge in [-0.05, 0) is 25.8 Å². The Labute approximate surface area is 95.0 Å². The van der Waals surface area contributed by atoms with Crippen molar-refractivity contribution in [3.63, 3.8) is 0 Å². The highest BCUT2D eigenvalue weighted by Crippen LogP contribution is 2.12. The molecule has 0 aliphatic carbocycles. The van der Waals surface area contributed by atoms with Gasteiger partial charge in [-0.3, -0.25) is 4.79 Å². The third-order valence-corrected chi connectivity index (χ3v) is 2.78. The Morgan fingerprint density at radius 3 is 2.00 bits per heavy atom. The van der Waals surface area contributed by atoms with Gasteiger partial charge in [-0.2, -0.15) is 0 Å². The van der Waals surface area contributed by atoms with Crippen LogP contribution in [0.2, 0.25) is 0 Å². The Morgan fingerprint density at radius 1 is 0.933 bits per heavy atom. The molecule has 0 atom stereocenters. The first kappa shape index (κ1) is 14.4. The number of allylic oxidation sites excluding steroid dienone is 2. The molecule has 0 aromatic carbocycles. The number of hydrogen-bond donors (Lipinski definition) is 0. The molecule has 0 spiro atoms. The van der Waals surface area contributed by atoms with Crippen LogP contribution in [0, 0.1) is 0 Å². The maximum Gasteiger partial charge on any atom is 0.142 e. The average Bonchev–Trinajstić information content (AvgIpc) is 2.22. The van der Waals surface area contributed by atoms with Crippen molar-refractivity contribution < 1.29 is 4.79 Å². The molecule has 0 unspecified atom stereocenters. The molecule has 1 nitrogen and oxygen atoms in total. The summed E-state index contributed by atoms with van der Waals surface area (Å²) in [5, 5.41) is 0. The van der Waals surface area contributed by atoms with Crippen molar-refractivity contribution in [3.8, 4) is 0 Å². The first-order valence-electron chi connectivity index (χ1n) is 6.42. The van der Waals surface area contributed by atoms with Gasteiger partial charge in [0.05, 0.1) is 0 Å². The van der Waals surface area contributed by atoms with Crippen LogP contribution in [0.1, 0.15) is 71.6 Å². The second-order valence-electron chi connectivity index (χ2n) is 4.37. The summed E-state index contributed by atoms with van der Waals surface area (Å²) in [5.41, 5.74) is 1.22. The second-order valence-corrected chi connectivity index (χ2v) is 4.37. The van der Waals surface area contributed by atoms with Crippen LogP contribution >= 0.6 is 0 Å². The summed E-state index contributed by atoms with van der Waals surface area (Å²) in [6, 6.07) is 0. The van der Waals surface area contributed by atoms with Gasteiger partial charge in [-0.25, -0.2) is 0 Å². The molecular weight excluding hydrogens is 184 g/mol. The fraction of sp³-hybridized carbons (Fsp3) is 0.786. The minimum Gasteiger partial charge on any atom is -0.299 e. The Balaban J connectivity index is 3.11. The topological polar surface area (TPSA) is 17.1 Å². The van der Waals surface area contributed by atoms with E-state index in [0.29, 0.717) is 0 Å². The lowest BCUT2D eigenvalue weighted by atomic mass is 10.0. The summed E-state index contributed by atoms with van der Waals surface area (Å²) in [4.78, 5) is 10.2. The molecule has 0 bridgehead atoms. The van der Waals surface area contributed by atoms with Crippen molar-refractivity contribution in [2.75, 3.05) is 0 Å². The van der Waals surface area contributed by atoms with E-state index in [1.165, 1.54) is 56.9 Å². The smallest absolute Gasteiger partial charge is 0.142 e. The molecule has 0 heterocycles. The van der Waals surface area contributed by atoms with Gasteiger partial charge in [-0.1, -0.05) is 57.4 Å². The SMILES string of the molecule is CCCCCCCCCC/C(C)=C/C=O. The van der Waals surface area contributed by atoms with E-state index in [9.17, 15) is 4.79 Å². The molecule has 88 valence electrons.